The fourth-order valence-electron chi connectivity index (χ4n) is 3.26. The first-order valence-electron chi connectivity index (χ1n) is 8.59. The Kier molecular flexibility index (Phi) is 3.87. The number of nitrogens with zero attached hydrogens (tertiary/aromatic N) is 6. The average molecular weight is 389 g/mol. The highest BCUT2D eigenvalue weighted by molar-refractivity contribution is 6.30. The molecule has 0 unspecified atom stereocenters. The maximum atomic E-state index is 13.4. The van der Waals surface area contributed by atoms with Gasteiger partial charge in [0, 0.05) is 23.0 Å². The number of rotatable bonds is 3. The first kappa shape index (κ1) is 16.6. The number of halogens is 1. The summed E-state index contributed by atoms with van der Waals surface area (Å²) in [7, 11) is 0. The van der Waals surface area contributed by atoms with Crippen molar-refractivity contribution in [1.82, 2.24) is 29.1 Å². The molecule has 0 bridgehead atoms. The van der Waals surface area contributed by atoms with Gasteiger partial charge >= 0.3 is 0 Å². The lowest BCUT2D eigenvalue weighted by molar-refractivity contribution is 0.745. The second-order valence-corrected chi connectivity index (χ2v) is 6.71. The van der Waals surface area contributed by atoms with E-state index in [4.69, 9.17) is 11.6 Å². The number of pyridine rings is 2. The molecule has 28 heavy (non-hydrogen) atoms. The fraction of sp³-hybridized carbons (Fsp3) is 0.0500. The number of hydrogen-bond acceptors (Lipinski definition) is 5. The third kappa shape index (κ3) is 2.73. The van der Waals surface area contributed by atoms with Gasteiger partial charge in [-0.25, -0.2) is 4.98 Å². The van der Waals surface area contributed by atoms with Gasteiger partial charge in [0.1, 0.15) is 6.33 Å². The predicted octanol–water partition coefficient (Wildman–Crippen LogP) is 3.20. The number of aromatic nitrogens is 6. The lowest BCUT2D eigenvalue weighted by Gasteiger charge is -2.11. The molecule has 7 nitrogen and oxygen atoms in total. The van der Waals surface area contributed by atoms with Crippen molar-refractivity contribution in [3.63, 3.8) is 0 Å². The van der Waals surface area contributed by atoms with Gasteiger partial charge in [-0.1, -0.05) is 29.8 Å². The molecule has 4 heterocycles. The molecule has 0 radical (unpaired) electrons. The Morgan fingerprint density at radius 1 is 1.04 bits per heavy atom. The fourth-order valence-corrected chi connectivity index (χ4v) is 3.45. The van der Waals surface area contributed by atoms with Crippen LogP contribution in [0.3, 0.4) is 0 Å². The molecule has 5 aromatic rings. The highest BCUT2D eigenvalue weighted by atomic mass is 35.5. The molecule has 0 saturated carbocycles. The van der Waals surface area contributed by atoms with E-state index in [0.717, 1.165) is 11.3 Å². The van der Waals surface area contributed by atoms with E-state index in [2.05, 4.69) is 20.1 Å². The van der Waals surface area contributed by atoms with Crippen LogP contribution >= 0.6 is 11.6 Å². The Morgan fingerprint density at radius 3 is 2.79 bits per heavy atom. The molecule has 0 saturated heterocycles. The summed E-state index contributed by atoms with van der Waals surface area (Å²) in [5.74, 6) is 0.421. The van der Waals surface area contributed by atoms with Gasteiger partial charge in [0.15, 0.2) is 0 Å². The average Bonchev–Trinajstić information content (AvgIpc) is 3.17. The number of hydrogen-bond donors (Lipinski definition) is 0. The molecule has 4 aromatic heterocycles. The van der Waals surface area contributed by atoms with Crippen LogP contribution in [0.15, 0.2) is 72.0 Å². The largest absolute Gasteiger partial charge is 0.309 e. The van der Waals surface area contributed by atoms with Gasteiger partial charge in [-0.05, 0) is 30.3 Å². The second kappa shape index (κ2) is 6.54. The van der Waals surface area contributed by atoms with Crippen molar-refractivity contribution in [1.29, 1.82) is 0 Å². The molecule has 0 atom stereocenters. The van der Waals surface area contributed by atoms with Gasteiger partial charge in [0.25, 0.3) is 11.3 Å². The van der Waals surface area contributed by atoms with Crippen molar-refractivity contribution >= 4 is 28.3 Å². The summed E-state index contributed by atoms with van der Waals surface area (Å²) in [4.78, 5) is 26.4. The molecule has 8 heteroatoms. The molecule has 0 aliphatic rings. The maximum Gasteiger partial charge on any atom is 0.262 e. The van der Waals surface area contributed by atoms with Crippen molar-refractivity contribution < 1.29 is 0 Å². The van der Waals surface area contributed by atoms with Crippen LogP contribution in [0.4, 0.5) is 0 Å². The topological polar surface area (TPSA) is 78.0 Å². The SMILES string of the molecule is O=c1c2c(-c3cccc(Cl)c3)n3ncnc3nc2ccn1Cc1ccccn1. The Balaban J connectivity index is 1.83. The second-order valence-electron chi connectivity index (χ2n) is 6.27. The molecule has 0 fully saturated rings. The minimum Gasteiger partial charge on any atom is -0.309 e. The predicted molar refractivity (Wildman–Crippen MR) is 106 cm³/mol. The summed E-state index contributed by atoms with van der Waals surface area (Å²) in [5.41, 5.74) is 2.55. The summed E-state index contributed by atoms with van der Waals surface area (Å²) in [6.45, 7) is 0.361. The van der Waals surface area contributed by atoms with Gasteiger partial charge in [0.05, 0.1) is 28.8 Å². The molecule has 0 spiro atoms. The molecule has 0 N–H and O–H groups in total. The minimum atomic E-state index is -0.178. The van der Waals surface area contributed by atoms with Crippen molar-refractivity contribution in [3.05, 3.63) is 88.3 Å². The van der Waals surface area contributed by atoms with Crippen LogP contribution in [0.1, 0.15) is 5.69 Å². The molecule has 0 aliphatic carbocycles. The summed E-state index contributed by atoms with van der Waals surface area (Å²) in [6.07, 6.45) is 4.85. The van der Waals surface area contributed by atoms with Crippen LogP contribution in [-0.4, -0.2) is 29.1 Å². The standard InChI is InChI=1S/C20H13ClN6O/c21-14-5-3-4-13(10-14)18-17-16(25-20-23-12-24-27(18)20)7-9-26(19(17)28)11-15-6-1-2-8-22-15/h1-10,12H,11H2. The quantitative estimate of drug-likeness (QED) is 0.474. The van der Waals surface area contributed by atoms with Gasteiger partial charge < -0.3 is 4.57 Å². The Morgan fingerprint density at radius 2 is 1.96 bits per heavy atom. The van der Waals surface area contributed by atoms with Gasteiger partial charge in [-0.2, -0.15) is 14.6 Å². The molecule has 136 valence electrons. The van der Waals surface area contributed by atoms with E-state index in [-0.39, 0.29) is 5.56 Å². The van der Waals surface area contributed by atoms with E-state index in [1.54, 1.807) is 33.6 Å². The Labute approximate surface area is 163 Å². The van der Waals surface area contributed by atoms with Gasteiger partial charge in [0.2, 0.25) is 0 Å². The lowest BCUT2D eigenvalue weighted by atomic mass is 10.1. The van der Waals surface area contributed by atoms with E-state index < -0.39 is 0 Å². The normalized spacial score (nSPS) is 11.3. The Hall–Kier alpha value is -3.58. The molecule has 5 rings (SSSR count). The Bertz CT molecular complexity index is 1380. The van der Waals surface area contributed by atoms with Crippen LogP contribution < -0.4 is 5.56 Å². The minimum absolute atomic E-state index is 0.178. The lowest BCUT2D eigenvalue weighted by Crippen LogP contribution is -2.22. The van der Waals surface area contributed by atoms with E-state index in [0.29, 0.717) is 33.9 Å². The zero-order valence-corrected chi connectivity index (χ0v) is 15.3. The molecule has 0 aliphatic heterocycles. The maximum absolute atomic E-state index is 13.4. The van der Waals surface area contributed by atoms with Gasteiger partial charge in [-0.15, -0.1) is 0 Å². The molecular formula is C20H13ClN6O. The van der Waals surface area contributed by atoms with Crippen molar-refractivity contribution in [2.45, 2.75) is 6.54 Å². The van der Waals surface area contributed by atoms with Crippen LogP contribution in [0.25, 0.3) is 27.9 Å². The third-order valence-electron chi connectivity index (χ3n) is 4.50. The van der Waals surface area contributed by atoms with Crippen LogP contribution in [0, 0.1) is 0 Å². The highest BCUT2D eigenvalue weighted by Gasteiger charge is 2.17. The monoisotopic (exact) mass is 388 g/mol. The van der Waals surface area contributed by atoms with Crippen molar-refractivity contribution in [2.75, 3.05) is 0 Å². The van der Waals surface area contributed by atoms with Crippen molar-refractivity contribution in [2.24, 2.45) is 0 Å². The highest BCUT2D eigenvalue weighted by Crippen LogP contribution is 2.27. The zero-order chi connectivity index (χ0) is 19.1. The van der Waals surface area contributed by atoms with Crippen molar-refractivity contribution in [3.8, 4) is 11.3 Å². The summed E-state index contributed by atoms with van der Waals surface area (Å²) in [6, 6.07) is 14.7. The molecule has 0 amide bonds. The van der Waals surface area contributed by atoms with Crippen LogP contribution in [0.5, 0.6) is 0 Å². The van der Waals surface area contributed by atoms with E-state index in [9.17, 15) is 4.79 Å². The smallest absolute Gasteiger partial charge is 0.262 e. The first-order chi connectivity index (χ1) is 13.7. The van der Waals surface area contributed by atoms with Gasteiger partial charge in [-0.3, -0.25) is 9.78 Å². The summed E-state index contributed by atoms with van der Waals surface area (Å²) in [5, 5.41) is 5.30. The third-order valence-corrected chi connectivity index (χ3v) is 4.73. The summed E-state index contributed by atoms with van der Waals surface area (Å²) >= 11 is 6.20. The van der Waals surface area contributed by atoms with E-state index >= 15 is 0 Å². The number of fused-ring (bicyclic) bond motifs is 2. The van der Waals surface area contributed by atoms with E-state index in [1.165, 1.54) is 6.33 Å². The zero-order valence-electron chi connectivity index (χ0n) is 14.5. The number of benzene rings is 1. The molecular weight excluding hydrogens is 376 g/mol. The van der Waals surface area contributed by atoms with Crippen LogP contribution in [0.2, 0.25) is 5.02 Å². The first-order valence-corrected chi connectivity index (χ1v) is 8.97. The molecule has 1 aromatic carbocycles. The summed E-state index contributed by atoms with van der Waals surface area (Å²) < 4.78 is 3.18. The van der Waals surface area contributed by atoms with E-state index in [1.807, 2.05) is 36.4 Å². The van der Waals surface area contributed by atoms with Crippen LogP contribution in [-0.2, 0) is 6.54 Å².